The van der Waals surface area contributed by atoms with Crippen LogP contribution in [-0.2, 0) is 22.4 Å². The lowest BCUT2D eigenvalue weighted by Crippen LogP contribution is -2.47. The molecule has 0 spiro atoms. The van der Waals surface area contributed by atoms with Gasteiger partial charge in [-0.1, -0.05) is 7.43 Å². The van der Waals surface area contributed by atoms with Crippen LogP contribution in [0, 0.1) is 45.9 Å². The van der Waals surface area contributed by atoms with E-state index in [1.807, 2.05) is 12.1 Å². The number of carbonyl (C=O) groups excluding carboxylic acids is 1. The van der Waals surface area contributed by atoms with Crippen molar-refractivity contribution in [3.05, 3.63) is 178 Å². The molecule has 0 saturated carbocycles. The van der Waals surface area contributed by atoms with Crippen LogP contribution in [0.25, 0.3) is 0 Å². The molecule has 0 bridgehead atoms. The molecule has 316 valence electrons. The van der Waals surface area contributed by atoms with Gasteiger partial charge < -0.3 is 19.3 Å². The minimum atomic E-state index is -4.20. The molecule has 0 radical (unpaired) electrons. The number of hydrogen-bond donors (Lipinski definition) is 1. The van der Waals surface area contributed by atoms with Crippen molar-refractivity contribution in [2.24, 2.45) is 0 Å². The fourth-order valence-corrected chi connectivity index (χ4v) is 5.16. The first-order chi connectivity index (χ1) is 28.0. The van der Waals surface area contributed by atoms with E-state index in [1.54, 1.807) is 0 Å². The van der Waals surface area contributed by atoms with Gasteiger partial charge in [0.25, 0.3) is 5.79 Å². The predicted octanol–water partition coefficient (Wildman–Crippen LogP) is 11.2. The Morgan fingerprint density at radius 3 is 1.51 bits per heavy atom. The number of rotatable bonds is 12. The molecule has 2 aromatic heterocycles. The average Bonchev–Trinajstić information content (AvgIpc) is 3.22. The summed E-state index contributed by atoms with van der Waals surface area (Å²) in [6, 6.07) is 23.7. The van der Waals surface area contributed by atoms with Crippen LogP contribution in [0.15, 0.2) is 122 Å². The number of hydrogen-bond acceptors (Lipinski definition) is 9. The number of pyridine rings is 2. The predicted molar refractivity (Wildman–Crippen MR) is 213 cm³/mol. The van der Waals surface area contributed by atoms with E-state index in [2.05, 4.69) is 9.97 Å². The highest BCUT2D eigenvalue weighted by molar-refractivity contribution is 14.0. The van der Waals surface area contributed by atoms with Crippen molar-refractivity contribution in [3.8, 4) is 35.1 Å². The SMILES string of the molecule is C.CCOC(O)(c1ccc(F)cc1F)C(F)(F)c1ccc(Oc2ccc(C#N)cc2)cn1.I.N#Cc1ccc(Oc2ccc(C(F)(F)C(=O)c3ccc(F)cc3F)nc2)cc1. The summed E-state index contributed by atoms with van der Waals surface area (Å²) < 4.78 is 129. The Labute approximate surface area is 360 Å². The molecule has 0 aliphatic heterocycles. The van der Waals surface area contributed by atoms with Crippen molar-refractivity contribution in [1.82, 2.24) is 9.97 Å². The number of nitriles is 2. The van der Waals surface area contributed by atoms with Crippen LogP contribution in [0.1, 0.15) is 52.8 Å². The third kappa shape index (κ3) is 11.2. The lowest BCUT2D eigenvalue weighted by molar-refractivity contribution is -0.336. The van der Waals surface area contributed by atoms with Crippen molar-refractivity contribution < 1.29 is 59.2 Å². The number of alkyl halides is 4. The third-order valence-electron chi connectivity index (χ3n) is 8.09. The second kappa shape index (κ2) is 20.7. The Hall–Kier alpha value is -6.48. The first-order valence-electron chi connectivity index (χ1n) is 16.9. The molecule has 18 heteroatoms. The summed E-state index contributed by atoms with van der Waals surface area (Å²) >= 11 is 0. The summed E-state index contributed by atoms with van der Waals surface area (Å²) in [6.45, 7) is 0.952. The van der Waals surface area contributed by atoms with E-state index in [0.717, 1.165) is 30.6 Å². The largest absolute Gasteiger partial charge is 0.456 e. The summed E-state index contributed by atoms with van der Waals surface area (Å²) in [4.78, 5) is 19.2. The molecular formula is C43H31F8IN4O5. The zero-order chi connectivity index (χ0) is 43.0. The molecule has 6 aromatic rings. The Morgan fingerprint density at radius 1 is 0.656 bits per heavy atom. The maximum atomic E-state index is 15.2. The smallest absolute Gasteiger partial charge is 0.351 e. The van der Waals surface area contributed by atoms with Crippen LogP contribution in [0.3, 0.4) is 0 Å². The molecular weight excluding hydrogens is 931 g/mol. The first-order valence-corrected chi connectivity index (χ1v) is 16.9. The number of Topliss-reactive ketones (excluding diaryl/α,β-unsaturated/α-hetero) is 1. The maximum absolute atomic E-state index is 15.2. The van der Waals surface area contributed by atoms with Crippen LogP contribution in [0.2, 0.25) is 0 Å². The van der Waals surface area contributed by atoms with E-state index in [0.29, 0.717) is 53.0 Å². The second-order valence-electron chi connectivity index (χ2n) is 12.0. The molecule has 0 saturated heterocycles. The van der Waals surface area contributed by atoms with Crippen molar-refractivity contribution >= 4 is 29.8 Å². The zero-order valence-corrected chi connectivity index (χ0v) is 32.9. The maximum Gasteiger partial charge on any atom is 0.351 e. The van der Waals surface area contributed by atoms with Crippen LogP contribution in [0.4, 0.5) is 35.1 Å². The summed E-state index contributed by atoms with van der Waals surface area (Å²) in [5, 5.41) is 28.2. The Balaban J connectivity index is 0.000000316. The quantitative estimate of drug-likeness (QED) is 0.0550. The topological polar surface area (TPSA) is 138 Å². The van der Waals surface area contributed by atoms with Crippen LogP contribution < -0.4 is 9.47 Å². The molecule has 1 unspecified atom stereocenters. The normalized spacial score (nSPS) is 11.8. The van der Waals surface area contributed by atoms with Crippen molar-refractivity contribution in [2.45, 2.75) is 32.0 Å². The molecule has 9 nitrogen and oxygen atoms in total. The van der Waals surface area contributed by atoms with Gasteiger partial charge in [0.1, 0.15) is 57.7 Å². The molecule has 0 amide bonds. The standard InChI is InChI=1S/C22H16F4N2O3.C20H10F4N2O2.CH4.HI/c1-2-30-22(29,18-9-5-15(23)11-19(18)24)21(25,26)20-10-8-17(13-28-20)31-16-6-3-14(12-27)4-7-16;21-13-3-7-16(17(22)9-13)19(27)20(23,24)18-8-6-15(11-26-18)28-14-4-1-12(10-25)2-5-14;;/h3-11,13,29H,2H2,1H3;1-9,11H;1H4;1H. The lowest BCUT2D eigenvalue weighted by atomic mass is 9.95. The Kier molecular flexibility index (Phi) is 16.6. The molecule has 0 aliphatic rings. The van der Waals surface area contributed by atoms with Crippen molar-refractivity contribution in [1.29, 1.82) is 10.5 Å². The summed E-state index contributed by atoms with van der Waals surface area (Å²) in [5.74, 6) is -17.4. The van der Waals surface area contributed by atoms with Gasteiger partial charge in [-0.05, 0) is 104 Å². The monoisotopic (exact) mass is 962 g/mol. The number of aromatic nitrogens is 2. The van der Waals surface area contributed by atoms with Gasteiger partial charge in [0.15, 0.2) is 0 Å². The molecule has 1 atom stereocenters. The van der Waals surface area contributed by atoms with Gasteiger partial charge in [0.05, 0.1) is 46.8 Å². The number of ether oxygens (including phenoxy) is 3. The summed E-state index contributed by atoms with van der Waals surface area (Å²) in [6.07, 6.45) is 1.98. The van der Waals surface area contributed by atoms with Gasteiger partial charge in [0, 0.05) is 18.7 Å². The van der Waals surface area contributed by atoms with E-state index in [-0.39, 0.29) is 49.5 Å². The fourth-order valence-electron chi connectivity index (χ4n) is 5.16. The fraction of sp³-hybridized carbons (Fsp3) is 0.140. The van der Waals surface area contributed by atoms with Crippen LogP contribution in [-0.4, -0.2) is 27.5 Å². The molecule has 6 rings (SSSR count). The van der Waals surface area contributed by atoms with E-state index in [4.69, 9.17) is 24.7 Å². The summed E-state index contributed by atoms with van der Waals surface area (Å²) in [7, 11) is 0. The van der Waals surface area contributed by atoms with E-state index < -0.39 is 69.2 Å². The van der Waals surface area contributed by atoms with Gasteiger partial charge in [-0.15, -0.1) is 24.0 Å². The van der Waals surface area contributed by atoms with Gasteiger partial charge in [-0.25, -0.2) is 17.6 Å². The summed E-state index contributed by atoms with van der Waals surface area (Å²) in [5.41, 5.74) is -2.85. The number of halogens is 9. The van der Waals surface area contributed by atoms with Gasteiger partial charge in [0.2, 0.25) is 5.78 Å². The van der Waals surface area contributed by atoms with Gasteiger partial charge in [-0.2, -0.15) is 28.1 Å². The van der Waals surface area contributed by atoms with Gasteiger partial charge in [-0.3, -0.25) is 14.8 Å². The number of aliphatic hydroxyl groups is 1. The first kappa shape index (κ1) is 48.9. The van der Waals surface area contributed by atoms with Gasteiger partial charge >= 0.3 is 11.8 Å². The highest BCUT2D eigenvalue weighted by atomic mass is 127. The second-order valence-corrected chi connectivity index (χ2v) is 12.0. The minimum absolute atomic E-state index is 0. The third-order valence-corrected chi connectivity index (χ3v) is 8.09. The number of carbonyl (C=O) groups is 1. The van der Waals surface area contributed by atoms with E-state index in [1.165, 1.54) is 67.6 Å². The zero-order valence-electron chi connectivity index (χ0n) is 30.6. The average molecular weight is 963 g/mol. The molecule has 4 aromatic carbocycles. The highest BCUT2D eigenvalue weighted by Gasteiger charge is 2.59. The van der Waals surface area contributed by atoms with Crippen LogP contribution in [0.5, 0.6) is 23.0 Å². The Bertz CT molecular complexity index is 2520. The molecule has 0 fully saturated rings. The minimum Gasteiger partial charge on any atom is -0.456 e. The lowest BCUT2D eigenvalue weighted by Gasteiger charge is -2.35. The van der Waals surface area contributed by atoms with E-state index >= 15 is 8.78 Å². The highest BCUT2D eigenvalue weighted by Crippen LogP contribution is 2.47. The van der Waals surface area contributed by atoms with Crippen molar-refractivity contribution in [2.75, 3.05) is 6.61 Å². The molecule has 1 N–H and O–H groups in total. The van der Waals surface area contributed by atoms with Crippen LogP contribution >= 0.6 is 24.0 Å². The number of benzene rings is 4. The number of ketones is 1. The van der Waals surface area contributed by atoms with E-state index in [9.17, 15) is 36.2 Å². The Morgan fingerprint density at radius 2 is 1.10 bits per heavy atom. The molecule has 0 aliphatic carbocycles. The van der Waals surface area contributed by atoms with Crippen molar-refractivity contribution in [3.63, 3.8) is 0 Å². The molecule has 61 heavy (non-hydrogen) atoms. The number of nitrogens with zero attached hydrogens (tertiary/aromatic N) is 4. The molecule has 2 heterocycles.